The van der Waals surface area contributed by atoms with Gasteiger partial charge in [0.25, 0.3) is 0 Å². The number of benzene rings is 1. The molecule has 0 aliphatic carbocycles. The number of nitrogens with one attached hydrogen (secondary N) is 2. The summed E-state index contributed by atoms with van der Waals surface area (Å²) in [7, 11) is 0. The van der Waals surface area contributed by atoms with Crippen molar-refractivity contribution in [3.8, 4) is 11.4 Å². The molecular weight excluding hydrogens is 347 g/mol. The summed E-state index contributed by atoms with van der Waals surface area (Å²) in [6.45, 7) is 8.82. The average molecular weight is 369 g/mol. The molecule has 1 aliphatic heterocycles. The molecule has 1 aromatic heterocycles. The maximum Gasteiger partial charge on any atom is 0.322 e. The van der Waals surface area contributed by atoms with Crippen molar-refractivity contribution >= 4 is 29.2 Å². The van der Waals surface area contributed by atoms with Crippen LogP contribution in [0, 0.1) is 0 Å². The summed E-state index contributed by atoms with van der Waals surface area (Å²) in [5.74, 6) is 0.467. The molecule has 0 unspecified atom stereocenters. The molecule has 1 saturated heterocycles. The first kappa shape index (κ1) is 17.5. The zero-order chi connectivity index (χ0) is 17.5. The van der Waals surface area contributed by atoms with Crippen LogP contribution in [0.3, 0.4) is 0 Å². The molecule has 5 nitrogen and oxygen atoms in total. The van der Waals surface area contributed by atoms with Gasteiger partial charge in [0.1, 0.15) is 0 Å². The number of anilines is 1. The highest BCUT2D eigenvalue weighted by Gasteiger charge is 2.38. The van der Waals surface area contributed by atoms with Crippen LogP contribution in [0.1, 0.15) is 40.5 Å². The third-order valence-electron chi connectivity index (χ3n) is 4.06. The van der Waals surface area contributed by atoms with E-state index in [4.69, 9.17) is 27.7 Å². The zero-order valence-corrected chi connectivity index (χ0v) is 15.8. The molecule has 1 aromatic carbocycles. The first-order chi connectivity index (χ1) is 11.1. The Kier molecular flexibility index (Phi) is 4.53. The quantitative estimate of drug-likeness (QED) is 0.816. The van der Waals surface area contributed by atoms with Crippen molar-refractivity contribution in [1.82, 2.24) is 15.5 Å². The van der Waals surface area contributed by atoms with Gasteiger partial charge >= 0.3 is 6.01 Å². The topological polar surface area (TPSA) is 63.0 Å². The Morgan fingerprint density at radius 2 is 1.67 bits per heavy atom. The second kappa shape index (κ2) is 6.21. The molecule has 3 rings (SSSR count). The molecule has 7 heteroatoms. The number of hydrogen-bond donors (Lipinski definition) is 2. The van der Waals surface area contributed by atoms with E-state index in [1.165, 1.54) is 0 Å². The van der Waals surface area contributed by atoms with Crippen molar-refractivity contribution in [1.29, 1.82) is 0 Å². The molecule has 24 heavy (non-hydrogen) atoms. The van der Waals surface area contributed by atoms with Crippen molar-refractivity contribution in [2.75, 3.05) is 5.32 Å². The lowest BCUT2D eigenvalue weighted by molar-refractivity contribution is 0.169. The van der Waals surface area contributed by atoms with Crippen LogP contribution in [0.25, 0.3) is 11.4 Å². The predicted octanol–water partition coefficient (Wildman–Crippen LogP) is 4.76. The fraction of sp³-hybridized carbons (Fsp3) is 0.529. The van der Waals surface area contributed by atoms with E-state index in [1.807, 2.05) is 0 Å². The van der Waals surface area contributed by atoms with Gasteiger partial charge in [-0.2, -0.15) is 4.98 Å². The van der Waals surface area contributed by atoms with Crippen molar-refractivity contribution in [3.63, 3.8) is 0 Å². The number of nitrogens with zero attached hydrogens (tertiary/aromatic N) is 2. The third kappa shape index (κ3) is 4.21. The molecule has 130 valence electrons. The minimum absolute atomic E-state index is 0.0444. The SMILES string of the molecule is CC1(C)CC(Nc2nc(-c3cc(Cl)cc(Cl)c3)no2)CC(C)(C)N1. The van der Waals surface area contributed by atoms with E-state index < -0.39 is 0 Å². The fourth-order valence-electron chi connectivity index (χ4n) is 3.68. The molecule has 0 bridgehead atoms. The summed E-state index contributed by atoms with van der Waals surface area (Å²) in [6, 6.07) is 5.87. The lowest BCUT2D eigenvalue weighted by atomic mass is 9.80. The lowest BCUT2D eigenvalue weighted by Gasteiger charge is -2.46. The maximum absolute atomic E-state index is 6.03. The standard InChI is InChI=1S/C17H22Cl2N4O/c1-16(2)8-13(9-17(3,4)23-16)20-15-21-14(22-24-15)10-5-11(18)7-12(19)6-10/h5-7,13,23H,8-9H2,1-4H3,(H,20,21,22). The Labute approximate surface area is 152 Å². The van der Waals surface area contributed by atoms with Crippen molar-refractivity contribution in [2.24, 2.45) is 0 Å². The van der Waals surface area contributed by atoms with Crippen LogP contribution in [0.2, 0.25) is 10.0 Å². The number of halogens is 2. The minimum Gasteiger partial charge on any atom is -0.335 e. The first-order valence-corrected chi connectivity index (χ1v) is 8.74. The predicted molar refractivity (Wildman–Crippen MR) is 97.7 cm³/mol. The van der Waals surface area contributed by atoms with Crippen LogP contribution in [0.4, 0.5) is 6.01 Å². The molecule has 0 atom stereocenters. The van der Waals surface area contributed by atoms with E-state index in [2.05, 4.69) is 48.5 Å². The van der Waals surface area contributed by atoms with Crippen LogP contribution < -0.4 is 10.6 Å². The average Bonchev–Trinajstić information content (AvgIpc) is 2.82. The Bertz CT molecular complexity index is 706. The smallest absolute Gasteiger partial charge is 0.322 e. The summed E-state index contributed by atoms with van der Waals surface area (Å²) in [5.41, 5.74) is 0.821. The Balaban J connectivity index is 1.76. The van der Waals surface area contributed by atoms with Crippen LogP contribution in [0.15, 0.2) is 22.7 Å². The molecule has 0 spiro atoms. The minimum atomic E-state index is 0.0444. The van der Waals surface area contributed by atoms with Gasteiger partial charge < -0.3 is 15.2 Å². The summed E-state index contributed by atoms with van der Waals surface area (Å²) < 4.78 is 5.36. The van der Waals surface area contributed by atoms with Crippen LogP contribution in [-0.4, -0.2) is 27.3 Å². The number of aromatic nitrogens is 2. The molecular formula is C17H22Cl2N4O. The monoisotopic (exact) mass is 368 g/mol. The van der Waals surface area contributed by atoms with E-state index in [0.717, 1.165) is 18.4 Å². The van der Waals surface area contributed by atoms with E-state index in [1.54, 1.807) is 18.2 Å². The Morgan fingerprint density at radius 3 is 2.25 bits per heavy atom. The summed E-state index contributed by atoms with van der Waals surface area (Å²) >= 11 is 12.1. The van der Waals surface area contributed by atoms with Crippen LogP contribution in [0.5, 0.6) is 0 Å². The number of rotatable bonds is 3. The molecule has 0 saturated carbocycles. The van der Waals surface area contributed by atoms with Crippen molar-refractivity contribution < 1.29 is 4.52 Å². The highest BCUT2D eigenvalue weighted by atomic mass is 35.5. The highest BCUT2D eigenvalue weighted by molar-refractivity contribution is 6.35. The summed E-state index contributed by atoms with van der Waals surface area (Å²) in [6.07, 6.45) is 1.94. The second-order valence-electron chi connectivity index (χ2n) is 7.72. The Morgan fingerprint density at radius 1 is 1.08 bits per heavy atom. The van der Waals surface area contributed by atoms with Gasteiger partial charge in [-0.1, -0.05) is 28.4 Å². The van der Waals surface area contributed by atoms with Gasteiger partial charge in [0.05, 0.1) is 0 Å². The van der Waals surface area contributed by atoms with Crippen molar-refractivity contribution in [2.45, 2.75) is 57.7 Å². The van der Waals surface area contributed by atoms with Gasteiger partial charge in [-0.15, -0.1) is 0 Å². The summed E-state index contributed by atoms with van der Waals surface area (Å²) in [5, 5.41) is 12.1. The highest BCUT2D eigenvalue weighted by Crippen LogP contribution is 2.31. The van der Waals surface area contributed by atoms with Gasteiger partial charge in [0.15, 0.2) is 0 Å². The Hall–Kier alpha value is -1.30. The number of piperidine rings is 1. The van der Waals surface area contributed by atoms with Gasteiger partial charge in [0, 0.05) is 32.7 Å². The van der Waals surface area contributed by atoms with Crippen LogP contribution >= 0.6 is 23.2 Å². The normalized spacial score (nSPS) is 20.1. The molecule has 2 heterocycles. The number of hydrogen-bond acceptors (Lipinski definition) is 5. The van der Waals surface area contributed by atoms with Gasteiger partial charge in [-0.05, 0) is 58.7 Å². The molecule has 0 radical (unpaired) electrons. The van der Waals surface area contributed by atoms with Crippen molar-refractivity contribution in [3.05, 3.63) is 28.2 Å². The second-order valence-corrected chi connectivity index (χ2v) is 8.60. The van der Waals surface area contributed by atoms with E-state index in [-0.39, 0.29) is 17.1 Å². The largest absolute Gasteiger partial charge is 0.335 e. The van der Waals surface area contributed by atoms with Gasteiger partial charge in [0.2, 0.25) is 5.82 Å². The molecule has 1 aliphatic rings. The molecule has 2 aromatic rings. The first-order valence-electron chi connectivity index (χ1n) is 7.98. The summed E-state index contributed by atoms with van der Waals surface area (Å²) in [4.78, 5) is 4.43. The molecule has 1 fully saturated rings. The molecule has 0 amide bonds. The van der Waals surface area contributed by atoms with E-state index in [9.17, 15) is 0 Å². The molecule has 2 N–H and O–H groups in total. The fourth-order valence-corrected chi connectivity index (χ4v) is 4.21. The third-order valence-corrected chi connectivity index (χ3v) is 4.50. The van der Waals surface area contributed by atoms with Crippen LogP contribution in [-0.2, 0) is 0 Å². The van der Waals surface area contributed by atoms with Gasteiger partial charge in [-0.25, -0.2) is 0 Å². The maximum atomic E-state index is 6.03. The zero-order valence-electron chi connectivity index (χ0n) is 14.3. The van der Waals surface area contributed by atoms with Gasteiger partial charge in [-0.3, -0.25) is 0 Å². The lowest BCUT2D eigenvalue weighted by Crippen LogP contribution is -2.60. The van der Waals surface area contributed by atoms with E-state index in [0.29, 0.717) is 21.9 Å². The van der Waals surface area contributed by atoms with E-state index >= 15 is 0 Å².